The van der Waals surface area contributed by atoms with E-state index in [1.54, 1.807) is 0 Å². The van der Waals surface area contributed by atoms with Gasteiger partial charge in [0, 0.05) is 21.1 Å². The molecule has 0 N–H and O–H groups in total. The summed E-state index contributed by atoms with van der Waals surface area (Å²) in [5, 5.41) is 0. The summed E-state index contributed by atoms with van der Waals surface area (Å²) in [6.45, 7) is 0. The minimum Gasteiger partial charge on any atom is 0 e. The molecular formula is H18Al6Pt. The topological polar surface area (TPSA) is 0 Å². The molecule has 0 aromatic rings. The summed E-state index contributed by atoms with van der Waals surface area (Å²) >= 11 is 0. The Bertz CT molecular complexity index is 4.14. The van der Waals surface area contributed by atoms with Crippen LogP contribution in [0.2, 0.25) is 0 Å². The van der Waals surface area contributed by atoms with Crippen molar-refractivity contribution in [2.75, 3.05) is 0 Å². The van der Waals surface area contributed by atoms with E-state index >= 15 is 0 Å². The van der Waals surface area contributed by atoms with Crippen molar-refractivity contribution in [3.63, 3.8) is 0 Å². The first-order valence-corrected chi connectivity index (χ1v) is 0. The summed E-state index contributed by atoms with van der Waals surface area (Å²) in [7, 11) is 0. The van der Waals surface area contributed by atoms with Crippen LogP contribution < -0.4 is 0 Å². The van der Waals surface area contributed by atoms with Gasteiger partial charge in [0.15, 0.2) is 104 Å². The fourth-order valence-corrected chi connectivity index (χ4v) is 0. The summed E-state index contributed by atoms with van der Waals surface area (Å²) in [4.78, 5) is 0. The van der Waals surface area contributed by atoms with Crippen LogP contribution in [-0.4, -0.2) is 104 Å². The summed E-state index contributed by atoms with van der Waals surface area (Å²) < 4.78 is 0. The van der Waals surface area contributed by atoms with Crippen molar-refractivity contribution < 1.29 is 21.1 Å². The Labute approximate surface area is 123 Å². The molecule has 0 aromatic carbocycles. The van der Waals surface area contributed by atoms with Crippen molar-refractivity contribution >= 4 is 104 Å². The molecule has 0 unspecified atom stereocenters. The molecule has 0 bridgehead atoms. The van der Waals surface area contributed by atoms with Gasteiger partial charge in [-0.15, -0.1) is 0 Å². The molecule has 0 aromatic heterocycles. The molecule has 0 aliphatic heterocycles. The largest absolute Gasteiger partial charge is 0.187 e. The second-order valence-electron chi connectivity index (χ2n) is 0. The van der Waals surface area contributed by atoms with Crippen LogP contribution in [0.1, 0.15) is 0 Å². The van der Waals surface area contributed by atoms with Crippen LogP contribution in [-0.2, 0) is 21.1 Å². The number of hydrogen-bond acceptors (Lipinski definition) is 0. The van der Waals surface area contributed by atoms with E-state index in [1.807, 2.05) is 0 Å². The average Bonchev–Trinajstić information content (AvgIpc) is 0. The van der Waals surface area contributed by atoms with Gasteiger partial charge in [-0.05, 0) is 0 Å². The van der Waals surface area contributed by atoms with Crippen LogP contribution >= 0.6 is 0 Å². The maximum absolute atomic E-state index is 0. The molecular weight excluding hydrogens is 357 g/mol. The van der Waals surface area contributed by atoms with Crippen LogP contribution in [0, 0.1) is 0 Å². The molecule has 0 spiro atoms. The van der Waals surface area contributed by atoms with Gasteiger partial charge in [0.1, 0.15) is 0 Å². The van der Waals surface area contributed by atoms with E-state index < -0.39 is 0 Å². The van der Waals surface area contributed by atoms with Gasteiger partial charge >= 0.3 is 0 Å². The Morgan fingerprint density at radius 3 is 0.286 bits per heavy atom. The van der Waals surface area contributed by atoms with Crippen molar-refractivity contribution in [1.29, 1.82) is 0 Å². The van der Waals surface area contributed by atoms with Crippen LogP contribution in [0.25, 0.3) is 0 Å². The van der Waals surface area contributed by atoms with Crippen LogP contribution in [0.5, 0.6) is 0 Å². The maximum Gasteiger partial charge on any atom is 0.187 e. The van der Waals surface area contributed by atoms with E-state index in [9.17, 15) is 0 Å². The molecule has 0 amide bonds. The minimum absolute atomic E-state index is 0. The van der Waals surface area contributed by atoms with Gasteiger partial charge in [-0.2, -0.15) is 0 Å². The molecule has 0 aliphatic carbocycles. The molecule has 0 heterocycles. The molecule has 0 nitrogen and oxygen atoms in total. The van der Waals surface area contributed by atoms with Gasteiger partial charge in [0.05, 0.1) is 0 Å². The molecule has 7 heteroatoms. The third kappa shape index (κ3) is 40.7. The Morgan fingerprint density at radius 1 is 0.286 bits per heavy atom. The van der Waals surface area contributed by atoms with E-state index in [-0.39, 0.29) is 125 Å². The Hall–Kier alpha value is 3.88. The Balaban J connectivity index is 0. The van der Waals surface area contributed by atoms with Crippen molar-refractivity contribution in [1.82, 2.24) is 0 Å². The van der Waals surface area contributed by atoms with Gasteiger partial charge in [-0.25, -0.2) is 0 Å². The first kappa shape index (κ1) is 70.5. The van der Waals surface area contributed by atoms with Gasteiger partial charge in [0.2, 0.25) is 0 Å². The first-order valence-electron chi connectivity index (χ1n) is 0. The molecule has 7 heavy (non-hydrogen) atoms. The third-order valence-electron chi connectivity index (χ3n) is 0. The quantitative estimate of drug-likeness (QED) is 0.370. The summed E-state index contributed by atoms with van der Waals surface area (Å²) in [6.07, 6.45) is 0. The molecule has 46 valence electrons. The molecule has 0 saturated heterocycles. The molecule has 0 fully saturated rings. The Kier molecular flexibility index (Phi) is 521. The van der Waals surface area contributed by atoms with Crippen LogP contribution in [0.15, 0.2) is 0 Å². The second-order valence-corrected chi connectivity index (χ2v) is 0. The summed E-state index contributed by atoms with van der Waals surface area (Å²) in [5.74, 6) is 0. The van der Waals surface area contributed by atoms with Crippen molar-refractivity contribution in [2.24, 2.45) is 0 Å². The fourth-order valence-electron chi connectivity index (χ4n) is 0. The van der Waals surface area contributed by atoms with Crippen LogP contribution in [0.4, 0.5) is 0 Å². The van der Waals surface area contributed by atoms with Gasteiger partial charge in [-0.1, -0.05) is 0 Å². The van der Waals surface area contributed by atoms with Crippen LogP contribution in [0.3, 0.4) is 0 Å². The fraction of sp³-hybridized carbons (Fsp3) is 0. The molecule has 0 aliphatic rings. The SMILES string of the molecule is [AlH3].[AlH3].[AlH3].[AlH3].[AlH3].[AlH3].[Pt]. The zero-order valence-corrected chi connectivity index (χ0v) is 2.59. The maximum atomic E-state index is 0. The predicted molar refractivity (Wildman–Crippen MR) is 59.6 cm³/mol. The van der Waals surface area contributed by atoms with Gasteiger partial charge in [-0.3, -0.25) is 0 Å². The standard InChI is InChI=1S/6Al.Pt.18H. The van der Waals surface area contributed by atoms with Gasteiger partial charge < -0.3 is 0 Å². The zero-order valence-electron chi connectivity index (χ0n) is 0.316. The van der Waals surface area contributed by atoms with Crippen molar-refractivity contribution in [3.8, 4) is 0 Å². The second kappa shape index (κ2) is 51.7. The molecule has 0 rings (SSSR count). The predicted octanol–water partition coefficient (Wildman–Crippen LogP) is -7.11. The van der Waals surface area contributed by atoms with Crippen molar-refractivity contribution in [2.45, 2.75) is 0 Å². The normalized spacial score (nSPS) is 0. The van der Waals surface area contributed by atoms with Crippen molar-refractivity contribution in [3.05, 3.63) is 0 Å². The monoisotopic (exact) mass is 375 g/mol. The zero-order chi connectivity index (χ0) is 0. The third-order valence-corrected chi connectivity index (χ3v) is 0. The summed E-state index contributed by atoms with van der Waals surface area (Å²) in [6, 6.07) is 0. The first-order chi connectivity index (χ1) is 0. The molecule has 0 radical (unpaired) electrons. The van der Waals surface area contributed by atoms with E-state index in [1.165, 1.54) is 0 Å². The molecule has 0 atom stereocenters. The van der Waals surface area contributed by atoms with E-state index in [2.05, 4.69) is 0 Å². The van der Waals surface area contributed by atoms with E-state index in [0.717, 1.165) is 0 Å². The summed E-state index contributed by atoms with van der Waals surface area (Å²) in [5.41, 5.74) is 0. The average molecular weight is 375 g/mol. The smallest absolute Gasteiger partial charge is 0 e. The minimum atomic E-state index is 0. The number of rotatable bonds is 0. The number of hydrogen-bond donors (Lipinski definition) is 0. The van der Waals surface area contributed by atoms with Gasteiger partial charge in [0.25, 0.3) is 0 Å². The van der Waals surface area contributed by atoms with E-state index in [4.69, 9.17) is 0 Å². The van der Waals surface area contributed by atoms with E-state index in [0.29, 0.717) is 0 Å². The molecule has 0 saturated carbocycles. The Morgan fingerprint density at radius 2 is 0.286 bits per heavy atom.